The van der Waals surface area contributed by atoms with Crippen molar-refractivity contribution in [3.8, 4) is 0 Å². The standard InChI is InChI=1S/C11H16/c1-9(2)10(3)11-7-5-4-6-8-11/h5,7-8,10H,1,4,6H2,2-3H3. The lowest BCUT2D eigenvalue weighted by atomic mass is 9.91. The van der Waals surface area contributed by atoms with Crippen LogP contribution >= 0.6 is 0 Å². The van der Waals surface area contributed by atoms with Crippen LogP contribution in [0.15, 0.2) is 36.0 Å². The fourth-order valence-electron chi connectivity index (χ4n) is 1.24. The number of hydrogen-bond acceptors (Lipinski definition) is 0. The van der Waals surface area contributed by atoms with Crippen molar-refractivity contribution in [1.82, 2.24) is 0 Å². The Morgan fingerprint density at radius 2 is 2.27 bits per heavy atom. The smallest absolute Gasteiger partial charge is 0.00110 e. The molecule has 0 amide bonds. The Hall–Kier alpha value is -0.780. The van der Waals surface area contributed by atoms with E-state index in [-0.39, 0.29) is 0 Å². The van der Waals surface area contributed by atoms with Gasteiger partial charge in [0, 0.05) is 5.92 Å². The molecular weight excluding hydrogens is 132 g/mol. The Kier molecular flexibility index (Phi) is 2.70. The summed E-state index contributed by atoms with van der Waals surface area (Å²) < 4.78 is 0. The van der Waals surface area contributed by atoms with Gasteiger partial charge >= 0.3 is 0 Å². The molecule has 0 bridgehead atoms. The van der Waals surface area contributed by atoms with Gasteiger partial charge in [-0.3, -0.25) is 0 Å². The van der Waals surface area contributed by atoms with Gasteiger partial charge in [0.2, 0.25) is 0 Å². The zero-order valence-corrected chi connectivity index (χ0v) is 7.43. The van der Waals surface area contributed by atoms with Crippen molar-refractivity contribution in [3.63, 3.8) is 0 Å². The molecule has 0 aromatic rings. The molecule has 0 spiro atoms. The molecule has 0 heteroatoms. The number of hydrogen-bond donors (Lipinski definition) is 0. The van der Waals surface area contributed by atoms with Crippen LogP contribution in [0.4, 0.5) is 0 Å². The van der Waals surface area contributed by atoms with Crippen molar-refractivity contribution in [2.45, 2.75) is 26.7 Å². The van der Waals surface area contributed by atoms with E-state index in [1.165, 1.54) is 24.0 Å². The van der Waals surface area contributed by atoms with Gasteiger partial charge in [0.05, 0.1) is 0 Å². The summed E-state index contributed by atoms with van der Waals surface area (Å²) in [5.74, 6) is 0.534. The van der Waals surface area contributed by atoms with E-state index in [9.17, 15) is 0 Å². The molecule has 0 N–H and O–H groups in total. The summed E-state index contributed by atoms with van der Waals surface area (Å²) in [7, 11) is 0. The maximum Gasteiger partial charge on any atom is 0.00110 e. The highest BCUT2D eigenvalue weighted by Gasteiger charge is 2.07. The van der Waals surface area contributed by atoms with Gasteiger partial charge in [-0.2, -0.15) is 0 Å². The van der Waals surface area contributed by atoms with Gasteiger partial charge in [-0.15, -0.1) is 0 Å². The normalized spacial score (nSPS) is 19.3. The van der Waals surface area contributed by atoms with Gasteiger partial charge in [0.25, 0.3) is 0 Å². The van der Waals surface area contributed by atoms with Crippen molar-refractivity contribution in [1.29, 1.82) is 0 Å². The molecule has 0 nitrogen and oxygen atoms in total. The zero-order chi connectivity index (χ0) is 8.27. The van der Waals surface area contributed by atoms with E-state index >= 15 is 0 Å². The van der Waals surface area contributed by atoms with Gasteiger partial charge in [-0.25, -0.2) is 0 Å². The van der Waals surface area contributed by atoms with Crippen LogP contribution in [0.3, 0.4) is 0 Å². The fraction of sp³-hybridized carbons (Fsp3) is 0.455. The molecule has 11 heavy (non-hydrogen) atoms. The molecule has 0 aromatic carbocycles. The van der Waals surface area contributed by atoms with Crippen LogP contribution in [0, 0.1) is 5.92 Å². The van der Waals surface area contributed by atoms with Gasteiger partial charge < -0.3 is 0 Å². The van der Waals surface area contributed by atoms with Crippen molar-refractivity contribution < 1.29 is 0 Å². The van der Waals surface area contributed by atoms with E-state index < -0.39 is 0 Å². The van der Waals surface area contributed by atoms with E-state index in [1.54, 1.807) is 0 Å². The van der Waals surface area contributed by atoms with Crippen LogP contribution < -0.4 is 0 Å². The SMILES string of the molecule is C=C(C)C(C)C1=CCCC=C1. The number of allylic oxidation sites excluding steroid dienone is 5. The summed E-state index contributed by atoms with van der Waals surface area (Å²) in [6.07, 6.45) is 9.19. The lowest BCUT2D eigenvalue weighted by molar-refractivity contribution is 0.806. The lowest BCUT2D eigenvalue weighted by Gasteiger charge is -2.14. The molecule has 1 rings (SSSR count). The third-order valence-electron chi connectivity index (χ3n) is 2.26. The maximum absolute atomic E-state index is 3.96. The Morgan fingerprint density at radius 1 is 1.55 bits per heavy atom. The Balaban J connectivity index is 2.66. The zero-order valence-electron chi connectivity index (χ0n) is 7.43. The van der Waals surface area contributed by atoms with Gasteiger partial charge in [-0.05, 0) is 25.3 Å². The van der Waals surface area contributed by atoms with E-state index in [0.29, 0.717) is 5.92 Å². The minimum atomic E-state index is 0.534. The fourth-order valence-corrected chi connectivity index (χ4v) is 1.24. The Morgan fingerprint density at radius 3 is 2.73 bits per heavy atom. The highest BCUT2D eigenvalue weighted by Crippen LogP contribution is 2.22. The average Bonchev–Trinajstić information content (AvgIpc) is 2.05. The van der Waals surface area contributed by atoms with Crippen molar-refractivity contribution in [2.24, 2.45) is 5.92 Å². The van der Waals surface area contributed by atoms with Gasteiger partial charge in [0.1, 0.15) is 0 Å². The molecule has 1 aliphatic carbocycles. The summed E-state index contributed by atoms with van der Waals surface area (Å²) in [4.78, 5) is 0. The second-order valence-corrected chi connectivity index (χ2v) is 3.25. The molecule has 0 aliphatic heterocycles. The van der Waals surface area contributed by atoms with Crippen LogP contribution in [0.1, 0.15) is 26.7 Å². The minimum absolute atomic E-state index is 0.534. The topological polar surface area (TPSA) is 0 Å². The van der Waals surface area contributed by atoms with Gasteiger partial charge in [-0.1, -0.05) is 37.3 Å². The van der Waals surface area contributed by atoms with Crippen LogP contribution in [0.2, 0.25) is 0 Å². The molecule has 1 atom stereocenters. The number of rotatable bonds is 2. The Bertz CT molecular complexity index is 206. The molecular formula is C11H16. The third kappa shape index (κ3) is 2.07. The molecule has 0 aromatic heterocycles. The molecule has 60 valence electrons. The molecule has 0 saturated carbocycles. The van der Waals surface area contributed by atoms with Crippen molar-refractivity contribution in [2.75, 3.05) is 0 Å². The molecule has 0 fully saturated rings. The van der Waals surface area contributed by atoms with Crippen LogP contribution in [0.25, 0.3) is 0 Å². The first-order valence-corrected chi connectivity index (χ1v) is 4.24. The van der Waals surface area contributed by atoms with E-state index in [1.807, 2.05) is 0 Å². The minimum Gasteiger partial charge on any atom is -0.0995 e. The van der Waals surface area contributed by atoms with Crippen LogP contribution in [-0.4, -0.2) is 0 Å². The average molecular weight is 148 g/mol. The maximum atomic E-state index is 3.96. The van der Waals surface area contributed by atoms with Crippen molar-refractivity contribution >= 4 is 0 Å². The van der Waals surface area contributed by atoms with Gasteiger partial charge in [0.15, 0.2) is 0 Å². The first-order chi connectivity index (χ1) is 5.22. The van der Waals surface area contributed by atoms with Crippen LogP contribution in [0.5, 0.6) is 0 Å². The van der Waals surface area contributed by atoms with Crippen LogP contribution in [-0.2, 0) is 0 Å². The molecule has 1 aliphatic rings. The van der Waals surface area contributed by atoms with E-state index in [4.69, 9.17) is 0 Å². The first kappa shape index (κ1) is 8.32. The monoisotopic (exact) mass is 148 g/mol. The molecule has 1 unspecified atom stereocenters. The summed E-state index contributed by atoms with van der Waals surface area (Å²) in [6, 6.07) is 0. The predicted octanol–water partition coefficient (Wildman–Crippen LogP) is 3.48. The lowest BCUT2D eigenvalue weighted by Crippen LogP contribution is -1.99. The first-order valence-electron chi connectivity index (χ1n) is 4.24. The predicted molar refractivity (Wildman–Crippen MR) is 50.4 cm³/mol. The van der Waals surface area contributed by atoms with E-state index in [0.717, 1.165) is 0 Å². The largest absolute Gasteiger partial charge is 0.0995 e. The second-order valence-electron chi connectivity index (χ2n) is 3.25. The summed E-state index contributed by atoms with van der Waals surface area (Å²) in [5.41, 5.74) is 2.69. The quantitative estimate of drug-likeness (QED) is 0.526. The summed E-state index contributed by atoms with van der Waals surface area (Å²) >= 11 is 0. The van der Waals surface area contributed by atoms with E-state index in [2.05, 4.69) is 38.7 Å². The molecule has 0 heterocycles. The molecule has 0 saturated heterocycles. The summed E-state index contributed by atoms with van der Waals surface area (Å²) in [6.45, 7) is 8.26. The highest BCUT2D eigenvalue weighted by atomic mass is 14.1. The highest BCUT2D eigenvalue weighted by molar-refractivity contribution is 5.29. The third-order valence-corrected chi connectivity index (χ3v) is 2.26. The summed E-state index contributed by atoms with van der Waals surface area (Å²) in [5, 5.41) is 0. The van der Waals surface area contributed by atoms with Crippen molar-refractivity contribution in [3.05, 3.63) is 36.0 Å². The Labute approximate surface area is 69.3 Å². The molecule has 0 radical (unpaired) electrons. The second kappa shape index (κ2) is 3.56.